The van der Waals surface area contributed by atoms with Crippen molar-refractivity contribution in [1.82, 2.24) is 4.90 Å². The Labute approximate surface area is 168 Å². The van der Waals surface area contributed by atoms with E-state index in [0.717, 1.165) is 11.3 Å². The van der Waals surface area contributed by atoms with E-state index in [1.165, 1.54) is 11.0 Å². The van der Waals surface area contributed by atoms with Crippen molar-refractivity contribution in [2.24, 2.45) is 11.8 Å². The number of fused-ring (bicyclic) bond motifs is 5. The summed E-state index contributed by atoms with van der Waals surface area (Å²) in [5.74, 6) is -1.09. The van der Waals surface area contributed by atoms with Crippen LogP contribution < -0.4 is 9.64 Å². The number of nitrogens with zero attached hydrogens (tertiary/aromatic N) is 2. The normalized spacial score (nSPS) is 28.2. The van der Waals surface area contributed by atoms with Crippen LogP contribution in [-0.4, -0.2) is 41.7 Å². The monoisotopic (exact) mass is 388 g/mol. The number of methoxy groups -OCH3 is 1. The molecule has 3 aliphatic heterocycles. The van der Waals surface area contributed by atoms with Gasteiger partial charge in [0.05, 0.1) is 30.7 Å². The number of hydrogen-bond acceptors (Lipinski definition) is 5. The van der Waals surface area contributed by atoms with Gasteiger partial charge in [0.1, 0.15) is 5.75 Å². The molecular weight excluding hydrogens is 368 g/mol. The molecule has 2 aromatic carbocycles. The molecule has 0 aliphatic carbocycles. The van der Waals surface area contributed by atoms with Crippen molar-refractivity contribution < 1.29 is 19.1 Å². The van der Waals surface area contributed by atoms with Gasteiger partial charge in [0.25, 0.3) is 0 Å². The first-order valence-electron chi connectivity index (χ1n) is 9.64. The Morgan fingerprint density at radius 3 is 2.45 bits per heavy atom. The zero-order valence-electron chi connectivity index (χ0n) is 15.9. The van der Waals surface area contributed by atoms with Crippen molar-refractivity contribution in [3.05, 3.63) is 72.3 Å². The van der Waals surface area contributed by atoms with E-state index in [1.54, 1.807) is 37.5 Å². The van der Waals surface area contributed by atoms with E-state index in [2.05, 4.69) is 0 Å². The quantitative estimate of drug-likeness (QED) is 0.752. The number of carbonyl (C=O) groups excluding carboxylic acids is 3. The lowest BCUT2D eigenvalue weighted by molar-refractivity contribution is -0.129. The standard InChI is InChI=1S/C23H20N2O4/c1-29-16-9-5-6-14(12-16)13-24-17-10-11-18(26)21(24)20-19(17)22(27)25(23(20)28)15-7-3-2-4-8-15/h2-12,17,19-21H,13H2,1H3. The first-order valence-corrected chi connectivity index (χ1v) is 9.64. The van der Waals surface area contributed by atoms with Crippen LogP contribution in [0.2, 0.25) is 0 Å². The number of anilines is 1. The van der Waals surface area contributed by atoms with Crippen LogP contribution in [0, 0.1) is 11.8 Å². The smallest absolute Gasteiger partial charge is 0.239 e. The van der Waals surface area contributed by atoms with E-state index in [4.69, 9.17) is 4.74 Å². The van der Waals surface area contributed by atoms with Crippen LogP contribution in [0.25, 0.3) is 0 Å². The third kappa shape index (κ3) is 2.63. The lowest BCUT2D eigenvalue weighted by Crippen LogP contribution is -2.48. The fourth-order valence-corrected chi connectivity index (χ4v) is 4.88. The number of amides is 2. The first-order chi connectivity index (χ1) is 14.1. The van der Waals surface area contributed by atoms with E-state index >= 15 is 0 Å². The van der Waals surface area contributed by atoms with Gasteiger partial charge in [-0.05, 0) is 35.9 Å². The molecule has 2 bridgehead atoms. The molecule has 0 radical (unpaired) electrons. The van der Waals surface area contributed by atoms with Crippen LogP contribution in [-0.2, 0) is 20.9 Å². The second-order valence-corrected chi connectivity index (χ2v) is 7.62. The average Bonchev–Trinajstić information content (AvgIpc) is 3.12. The van der Waals surface area contributed by atoms with Crippen molar-refractivity contribution in [1.29, 1.82) is 0 Å². The largest absolute Gasteiger partial charge is 0.497 e. The maximum Gasteiger partial charge on any atom is 0.239 e. The minimum atomic E-state index is -0.652. The number of rotatable bonds is 4. The minimum Gasteiger partial charge on any atom is -0.497 e. The number of benzene rings is 2. The molecule has 2 saturated heterocycles. The highest BCUT2D eigenvalue weighted by atomic mass is 16.5. The number of ether oxygens (including phenoxy) is 1. The molecule has 2 amide bonds. The van der Waals surface area contributed by atoms with Gasteiger partial charge in [0.15, 0.2) is 5.78 Å². The highest BCUT2D eigenvalue weighted by Gasteiger charge is 2.64. The summed E-state index contributed by atoms with van der Waals surface area (Å²) in [6, 6.07) is 15.7. The zero-order chi connectivity index (χ0) is 20.1. The van der Waals surface area contributed by atoms with E-state index in [9.17, 15) is 14.4 Å². The average molecular weight is 388 g/mol. The summed E-state index contributed by atoms with van der Waals surface area (Å²) >= 11 is 0. The summed E-state index contributed by atoms with van der Waals surface area (Å²) in [4.78, 5) is 42.5. The second-order valence-electron chi connectivity index (χ2n) is 7.62. The molecule has 5 rings (SSSR count). The predicted octanol–water partition coefficient (Wildman–Crippen LogP) is 2.19. The Bertz CT molecular complexity index is 1030. The predicted molar refractivity (Wildman–Crippen MR) is 106 cm³/mol. The highest BCUT2D eigenvalue weighted by Crippen LogP contribution is 2.47. The highest BCUT2D eigenvalue weighted by molar-refractivity contribution is 6.24. The molecule has 2 aromatic rings. The van der Waals surface area contributed by atoms with Gasteiger partial charge in [-0.15, -0.1) is 0 Å². The zero-order valence-corrected chi connectivity index (χ0v) is 15.9. The lowest BCUT2D eigenvalue weighted by atomic mass is 9.90. The van der Waals surface area contributed by atoms with Gasteiger partial charge in [-0.1, -0.05) is 36.4 Å². The van der Waals surface area contributed by atoms with Crippen molar-refractivity contribution in [2.45, 2.75) is 18.6 Å². The summed E-state index contributed by atoms with van der Waals surface area (Å²) in [6.07, 6.45) is 3.31. The molecule has 3 heterocycles. The molecular formula is C23H20N2O4. The molecule has 3 aliphatic rings. The fraction of sp³-hybridized carbons (Fsp3) is 0.261. The van der Waals surface area contributed by atoms with Gasteiger partial charge in [-0.2, -0.15) is 0 Å². The van der Waals surface area contributed by atoms with E-state index in [-0.39, 0.29) is 23.6 Å². The first kappa shape index (κ1) is 17.8. The second kappa shape index (κ2) is 6.67. The number of carbonyl (C=O) groups is 3. The lowest BCUT2D eigenvalue weighted by Gasteiger charge is -2.33. The molecule has 0 saturated carbocycles. The Kier molecular flexibility index (Phi) is 4.10. The summed E-state index contributed by atoms with van der Waals surface area (Å²) in [5, 5.41) is 0. The summed E-state index contributed by atoms with van der Waals surface area (Å²) in [5.41, 5.74) is 1.54. The number of ketones is 1. The van der Waals surface area contributed by atoms with Gasteiger partial charge in [0.2, 0.25) is 11.8 Å². The molecule has 4 atom stereocenters. The Balaban J connectivity index is 1.50. The molecule has 0 spiro atoms. The summed E-state index contributed by atoms with van der Waals surface area (Å²) in [7, 11) is 1.61. The van der Waals surface area contributed by atoms with E-state index in [1.807, 2.05) is 35.2 Å². The van der Waals surface area contributed by atoms with Gasteiger partial charge in [-0.3, -0.25) is 19.3 Å². The topological polar surface area (TPSA) is 66.9 Å². The van der Waals surface area contributed by atoms with Crippen LogP contribution in [0.5, 0.6) is 5.75 Å². The summed E-state index contributed by atoms with van der Waals surface area (Å²) in [6.45, 7) is 0.474. The van der Waals surface area contributed by atoms with Crippen LogP contribution in [0.1, 0.15) is 5.56 Å². The third-order valence-electron chi connectivity index (χ3n) is 6.11. The molecule has 6 heteroatoms. The van der Waals surface area contributed by atoms with Crippen LogP contribution in [0.3, 0.4) is 0 Å². The van der Waals surface area contributed by atoms with E-state index in [0.29, 0.717) is 12.2 Å². The minimum absolute atomic E-state index is 0.118. The Morgan fingerprint density at radius 1 is 0.931 bits per heavy atom. The molecule has 2 fully saturated rings. The Hall–Kier alpha value is -3.25. The van der Waals surface area contributed by atoms with Crippen molar-refractivity contribution in [2.75, 3.05) is 12.0 Å². The SMILES string of the molecule is COc1cccc(CN2C3C=CC(=O)C2C2C(=O)N(c4ccccc4)C(=O)C23)c1. The van der Waals surface area contributed by atoms with Gasteiger partial charge < -0.3 is 4.74 Å². The van der Waals surface area contributed by atoms with Gasteiger partial charge >= 0.3 is 0 Å². The van der Waals surface area contributed by atoms with Crippen LogP contribution in [0.15, 0.2) is 66.7 Å². The molecule has 29 heavy (non-hydrogen) atoms. The van der Waals surface area contributed by atoms with E-state index < -0.39 is 17.9 Å². The molecule has 6 nitrogen and oxygen atoms in total. The molecule has 0 aromatic heterocycles. The summed E-state index contributed by atoms with van der Waals surface area (Å²) < 4.78 is 5.29. The van der Waals surface area contributed by atoms with Crippen molar-refractivity contribution in [3.8, 4) is 5.75 Å². The Morgan fingerprint density at radius 2 is 1.69 bits per heavy atom. The molecule has 146 valence electrons. The van der Waals surface area contributed by atoms with Crippen LogP contribution in [0.4, 0.5) is 5.69 Å². The van der Waals surface area contributed by atoms with Crippen molar-refractivity contribution >= 4 is 23.3 Å². The number of imide groups is 1. The maximum absolute atomic E-state index is 13.3. The maximum atomic E-state index is 13.3. The van der Waals surface area contributed by atoms with Gasteiger partial charge in [0, 0.05) is 12.6 Å². The van der Waals surface area contributed by atoms with Crippen molar-refractivity contribution in [3.63, 3.8) is 0 Å². The third-order valence-corrected chi connectivity index (χ3v) is 6.11. The molecule has 0 N–H and O–H groups in total. The molecule has 4 unspecified atom stereocenters. The number of hydrogen-bond donors (Lipinski definition) is 0. The fourth-order valence-electron chi connectivity index (χ4n) is 4.88. The van der Waals surface area contributed by atoms with Crippen LogP contribution >= 0.6 is 0 Å². The van der Waals surface area contributed by atoms with Gasteiger partial charge in [-0.25, -0.2) is 4.90 Å². The number of para-hydroxylation sites is 1.